The van der Waals surface area contributed by atoms with Crippen LogP contribution in [0.5, 0.6) is 0 Å². The van der Waals surface area contributed by atoms with Gasteiger partial charge in [0.05, 0.1) is 45.8 Å². The van der Waals surface area contributed by atoms with E-state index in [4.69, 9.17) is 4.42 Å². The van der Waals surface area contributed by atoms with Crippen LogP contribution >= 0.6 is 11.3 Å². The average Bonchev–Trinajstić information content (AvgIpc) is 3.63. The van der Waals surface area contributed by atoms with Gasteiger partial charge in [0, 0.05) is 52.2 Å². The van der Waals surface area contributed by atoms with Gasteiger partial charge in [-0.3, -0.25) is 0 Å². The van der Waals surface area contributed by atoms with Crippen molar-refractivity contribution in [2.45, 2.75) is 62.3 Å². The molecule has 0 spiro atoms. The van der Waals surface area contributed by atoms with Gasteiger partial charge in [-0.25, -0.2) is 13.7 Å². The molecule has 5 heterocycles. The predicted octanol–water partition coefficient (Wildman–Crippen LogP) is 2.40. The highest BCUT2D eigenvalue weighted by Gasteiger charge is 2.09. The van der Waals surface area contributed by atoms with Crippen molar-refractivity contribution in [2.75, 3.05) is 0 Å². The number of thiazole rings is 1. The highest BCUT2D eigenvalue weighted by atomic mass is 32.1. The van der Waals surface area contributed by atoms with E-state index >= 15 is 0 Å². The second-order valence-electron chi connectivity index (χ2n) is 10.9. The maximum absolute atomic E-state index is 5.06. The lowest BCUT2D eigenvalue weighted by Crippen LogP contribution is -2.36. The Hall–Kier alpha value is -3.60. The smallest absolute Gasteiger partial charge is 0.334 e. The van der Waals surface area contributed by atoms with Gasteiger partial charge in [0.15, 0.2) is 24.7 Å². The van der Waals surface area contributed by atoms with Gasteiger partial charge in [-0.15, -0.1) is 9.36 Å². The maximum atomic E-state index is 5.06. The van der Waals surface area contributed by atoms with Crippen molar-refractivity contribution in [3.05, 3.63) is 81.3 Å². The Kier molecular flexibility index (Phi) is 14.0. The molecular formula is C31H56N9OS+5. The molecule has 232 valence electrons. The molecule has 42 heavy (non-hydrogen) atoms. The summed E-state index contributed by atoms with van der Waals surface area (Å²) in [5.74, 6) is 2.03. The highest BCUT2D eigenvalue weighted by molar-refractivity contribution is 7.09. The number of oxazole rings is 1. The Labute approximate surface area is 257 Å². The normalized spacial score (nSPS) is 10.0. The van der Waals surface area contributed by atoms with Crippen molar-refractivity contribution in [1.29, 1.82) is 0 Å². The quantitative estimate of drug-likeness (QED) is 0.256. The second-order valence-corrected chi connectivity index (χ2v) is 12.0. The number of hydrogen-bond acceptors (Lipinski definition) is 3. The summed E-state index contributed by atoms with van der Waals surface area (Å²) in [6.07, 6.45) is 7.82. The van der Waals surface area contributed by atoms with Crippen molar-refractivity contribution < 1.29 is 27.4 Å². The van der Waals surface area contributed by atoms with Crippen LogP contribution in [0.15, 0.2) is 35.2 Å². The summed E-state index contributed by atoms with van der Waals surface area (Å²) < 4.78 is 21.3. The Morgan fingerprint density at radius 3 is 1.40 bits per heavy atom. The van der Waals surface area contributed by atoms with E-state index in [2.05, 4.69) is 116 Å². The zero-order chi connectivity index (χ0) is 32.5. The molecule has 5 aromatic rings. The first-order valence-electron chi connectivity index (χ1n) is 14.0. The molecule has 0 saturated heterocycles. The Bertz CT molecular complexity index is 1370. The fraction of sp³-hybridized carbons (Fsp3) is 0.548. The third-order valence-electron chi connectivity index (χ3n) is 7.84. The summed E-state index contributed by atoms with van der Waals surface area (Å²) >= 11 is 1.79. The molecule has 0 saturated carbocycles. The molecule has 0 unspecified atom stereocenters. The van der Waals surface area contributed by atoms with E-state index < -0.39 is 0 Å². The van der Waals surface area contributed by atoms with Crippen LogP contribution in [0.2, 0.25) is 0 Å². The molecule has 0 radical (unpaired) electrons. The molecule has 11 heteroatoms. The first-order chi connectivity index (χ1) is 19.4. The molecule has 0 aliphatic rings. The predicted molar refractivity (Wildman–Crippen MR) is 166 cm³/mol. The van der Waals surface area contributed by atoms with E-state index in [1.165, 1.54) is 38.9 Å². The average molecular weight is 603 g/mol. The Morgan fingerprint density at radius 2 is 1.29 bits per heavy atom. The molecule has 0 atom stereocenters. The second kappa shape index (κ2) is 16.1. The molecule has 0 fully saturated rings. The van der Waals surface area contributed by atoms with Gasteiger partial charge in [0.1, 0.15) is 25.5 Å². The van der Waals surface area contributed by atoms with E-state index in [1.807, 2.05) is 64.4 Å². The molecule has 0 amide bonds. The minimum atomic E-state index is 0.993. The van der Waals surface area contributed by atoms with Crippen molar-refractivity contribution in [3.8, 4) is 0 Å². The van der Waals surface area contributed by atoms with Gasteiger partial charge >= 0.3 is 6.39 Å². The largest absolute Gasteiger partial charge is 0.409 e. The molecule has 5 aromatic heterocycles. The van der Waals surface area contributed by atoms with Crippen LogP contribution in [-0.4, -0.2) is 19.0 Å². The van der Waals surface area contributed by atoms with Crippen LogP contribution in [-0.2, 0) is 56.4 Å². The topological polar surface area (TPSA) is 60.2 Å². The number of imidazole rings is 1. The van der Waals surface area contributed by atoms with Crippen LogP contribution in [0.4, 0.5) is 0 Å². The van der Waals surface area contributed by atoms with Gasteiger partial charge in [0.25, 0.3) is 5.82 Å². The molecule has 5 rings (SSSR count). The van der Waals surface area contributed by atoms with Crippen LogP contribution in [0.1, 0.15) is 50.5 Å². The summed E-state index contributed by atoms with van der Waals surface area (Å²) in [5.41, 5.74) is 10.0. The van der Waals surface area contributed by atoms with E-state index in [0.29, 0.717) is 0 Å². The molecule has 0 aromatic carbocycles. The summed E-state index contributed by atoms with van der Waals surface area (Å²) in [7, 11) is 16.1. The lowest BCUT2D eigenvalue weighted by atomic mass is 10.3. The van der Waals surface area contributed by atoms with Gasteiger partial charge in [-0.2, -0.15) is 13.8 Å². The summed E-state index contributed by atoms with van der Waals surface area (Å²) in [6.45, 7) is 18.7. The lowest BCUT2D eigenvalue weighted by Gasteiger charge is -1.89. The van der Waals surface area contributed by atoms with Crippen molar-refractivity contribution in [2.24, 2.45) is 56.4 Å². The Balaban J connectivity index is 0.000000263. The maximum Gasteiger partial charge on any atom is 0.334 e. The first-order valence-corrected chi connectivity index (χ1v) is 14.9. The van der Waals surface area contributed by atoms with E-state index in [9.17, 15) is 0 Å². The molecular weight excluding hydrogens is 546 g/mol. The highest BCUT2D eigenvalue weighted by Crippen LogP contribution is 2.06. The number of nitrogens with zero attached hydrogens (tertiary/aromatic N) is 9. The third kappa shape index (κ3) is 10.3. The molecule has 0 N–H and O–H groups in total. The zero-order valence-electron chi connectivity index (χ0n) is 29.2. The SMILES string of the molecule is Cc1c(C)[n+](C)cn1C.Cc1c[n+](C)n(C)c1C.Cc1nn(C)c[n+]1C.Cc1oc[n+](C)c1C.Cc1sc[n+](C)c1C. The fourth-order valence-corrected chi connectivity index (χ4v) is 4.48. The molecule has 0 aliphatic carbocycles. The van der Waals surface area contributed by atoms with Gasteiger partial charge in [-0.05, 0) is 20.8 Å². The third-order valence-corrected chi connectivity index (χ3v) is 8.91. The van der Waals surface area contributed by atoms with E-state index in [0.717, 1.165) is 11.6 Å². The fourth-order valence-electron chi connectivity index (χ4n) is 3.70. The van der Waals surface area contributed by atoms with Crippen molar-refractivity contribution in [3.63, 3.8) is 0 Å². The minimum absolute atomic E-state index is 0.993. The number of aromatic nitrogens is 9. The van der Waals surface area contributed by atoms with Crippen molar-refractivity contribution in [1.82, 2.24) is 19.0 Å². The number of rotatable bonds is 0. The van der Waals surface area contributed by atoms with Crippen molar-refractivity contribution >= 4 is 11.3 Å². The van der Waals surface area contributed by atoms with Gasteiger partial charge in [0.2, 0.25) is 23.9 Å². The first kappa shape index (κ1) is 36.4. The zero-order valence-corrected chi connectivity index (χ0v) is 30.0. The summed E-state index contributed by atoms with van der Waals surface area (Å²) in [4.78, 5) is 1.41. The lowest BCUT2D eigenvalue weighted by molar-refractivity contribution is -0.751. The molecule has 0 bridgehead atoms. The van der Waals surface area contributed by atoms with Crippen LogP contribution in [0.25, 0.3) is 0 Å². The molecule has 0 aliphatic heterocycles. The number of aryl methyl sites for hydroxylation is 11. The summed E-state index contributed by atoms with van der Waals surface area (Å²) in [6, 6.07) is 0. The minimum Gasteiger partial charge on any atom is -0.409 e. The van der Waals surface area contributed by atoms with Crippen LogP contribution in [0, 0.1) is 62.3 Å². The molecule has 10 nitrogen and oxygen atoms in total. The van der Waals surface area contributed by atoms with Gasteiger partial charge in [-0.1, -0.05) is 11.3 Å². The van der Waals surface area contributed by atoms with Crippen LogP contribution in [0.3, 0.4) is 0 Å². The summed E-state index contributed by atoms with van der Waals surface area (Å²) in [5, 5.41) is 4.09. The monoisotopic (exact) mass is 602 g/mol. The van der Waals surface area contributed by atoms with Gasteiger partial charge < -0.3 is 4.42 Å². The van der Waals surface area contributed by atoms with E-state index in [-0.39, 0.29) is 0 Å². The number of hydrogen-bond donors (Lipinski definition) is 0. The van der Waals surface area contributed by atoms with Crippen LogP contribution < -0.4 is 23.0 Å². The standard InChI is InChI=1S/2C7H13N2.C6H10NO.C6H10NS.C5H10N3/c1-6-7(2)9(4)5-8(6)3;1-6-5-8(3)9(4)7(6)2;2*1-5-6(2)8-4-7(5)3;1-5-6-8(3)4-7(5)2/h2*5H,1-4H3;3*4H,1-3H3/q5*+1. The Morgan fingerprint density at radius 1 is 0.690 bits per heavy atom. The van der Waals surface area contributed by atoms with E-state index in [1.54, 1.807) is 22.4 Å².